The number of halogens is 1. The van der Waals surface area contributed by atoms with Gasteiger partial charge < -0.3 is 0 Å². The average Bonchev–Trinajstić information content (AvgIpc) is 0.918. The smallest absolute Gasteiger partial charge is 0.0187 e. The first-order chi connectivity index (χ1) is 1.41. The second-order valence-corrected chi connectivity index (χ2v) is 1.22. The van der Waals surface area contributed by atoms with E-state index in [0.29, 0.717) is 0 Å². The van der Waals surface area contributed by atoms with E-state index >= 15 is 0 Å². The highest BCUT2D eigenvalue weighted by Gasteiger charge is 1.32. The third-order valence-electron chi connectivity index (χ3n) is 0. The van der Waals surface area contributed by atoms with Crippen LogP contribution in [0.3, 0.4) is 0 Å². The van der Waals surface area contributed by atoms with E-state index in [2.05, 4.69) is 0 Å². The summed E-state index contributed by atoms with van der Waals surface area (Å²) < 4.78 is 0. The molecule has 2 heteroatoms. The molecule has 0 bridgehead atoms. The summed E-state index contributed by atoms with van der Waals surface area (Å²) in [6.07, 6.45) is 4.08. The van der Waals surface area contributed by atoms with Crippen LogP contribution in [0, 0.1) is 0 Å². The molecule has 0 saturated carbocycles. The largest absolute Gasteiger partial charge is 0.169 e. The van der Waals surface area contributed by atoms with Crippen LogP contribution in [0.2, 0.25) is 0 Å². The van der Waals surface area contributed by atoms with Crippen LogP contribution < -0.4 is 0 Å². The topological polar surface area (TPSA) is 0 Å². The van der Waals surface area contributed by atoms with Crippen LogP contribution in [-0.2, 0) is 0 Å². The third-order valence-corrected chi connectivity index (χ3v) is 0. The van der Waals surface area contributed by atoms with Crippen molar-refractivity contribution < 1.29 is 0 Å². The molecule has 28 valence electrons. The van der Waals surface area contributed by atoms with Gasteiger partial charge in [-0.3, -0.25) is 0 Å². The molecular formula is C2H7BrS. The van der Waals surface area contributed by atoms with Gasteiger partial charge in [0.05, 0.1) is 0 Å². The van der Waals surface area contributed by atoms with Gasteiger partial charge in [0.15, 0.2) is 0 Å². The van der Waals surface area contributed by atoms with E-state index in [4.69, 9.17) is 0 Å². The van der Waals surface area contributed by atoms with Gasteiger partial charge in [-0.25, -0.2) is 0 Å². The third kappa shape index (κ3) is 13.8. The first kappa shape index (κ1) is 8.85. The van der Waals surface area contributed by atoms with Crippen molar-refractivity contribution in [2.24, 2.45) is 0 Å². The van der Waals surface area contributed by atoms with Gasteiger partial charge in [-0.05, 0) is 12.5 Å². The fraction of sp³-hybridized carbons (Fsp3) is 1.00. The van der Waals surface area contributed by atoms with Crippen molar-refractivity contribution in [2.75, 3.05) is 12.5 Å². The zero-order valence-corrected chi connectivity index (χ0v) is 5.35. The summed E-state index contributed by atoms with van der Waals surface area (Å²) in [4.78, 5) is 0. The van der Waals surface area contributed by atoms with Crippen molar-refractivity contribution >= 4 is 28.7 Å². The molecule has 0 spiro atoms. The SMILES string of the molecule is Br.CSC. The first-order valence-corrected chi connectivity index (χ1v) is 2.45. The van der Waals surface area contributed by atoms with Crippen LogP contribution in [0.15, 0.2) is 0 Å². The molecule has 0 atom stereocenters. The molecule has 0 amide bonds. The lowest BCUT2D eigenvalue weighted by Crippen LogP contribution is -1.25. The minimum Gasteiger partial charge on any atom is -0.169 e. The lowest BCUT2D eigenvalue weighted by atomic mass is 11.9. The summed E-state index contributed by atoms with van der Waals surface area (Å²) in [7, 11) is 0. The molecule has 0 fully saturated rings. The predicted octanol–water partition coefficient (Wildman–Crippen LogP) is 1.56. The van der Waals surface area contributed by atoms with Gasteiger partial charge in [0.25, 0.3) is 0 Å². The molecule has 0 N–H and O–H groups in total. The van der Waals surface area contributed by atoms with Crippen molar-refractivity contribution in [2.45, 2.75) is 0 Å². The van der Waals surface area contributed by atoms with Crippen LogP contribution in [-0.4, -0.2) is 12.5 Å². The van der Waals surface area contributed by atoms with Crippen molar-refractivity contribution in [3.05, 3.63) is 0 Å². The highest BCUT2D eigenvalue weighted by atomic mass is 79.9. The van der Waals surface area contributed by atoms with Crippen molar-refractivity contribution in [1.29, 1.82) is 0 Å². The molecule has 0 rings (SSSR count). The number of hydrogen-bond donors (Lipinski definition) is 0. The number of hydrogen-bond acceptors (Lipinski definition) is 1. The molecule has 0 aromatic heterocycles. The number of thioether (sulfide) groups is 1. The Morgan fingerprint density at radius 2 is 1.25 bits per heavy atom. The molecule has 0 aliphatic heterocycles. The standard InChI is InChI=1S/C2H6S.BrH/c1-3-2;/h1-2H3;1H. The van der Waals surface area contributed by atoms with Crippen LogP contribution in [0.4, 0.5) is 0 Å². The van der Waals surface area contributed by atoms with Crippen LogP contribution in [0.1, 0.15) is 0 Å². The van der Waals surface area contributed by atoms with Crippen LogP contribution in [0.25, 0.3) is 0 Å². The summed E-state index contributed by atoms with van der Waals surface area (Å²) in [6.45, 7) is 0. The lowest BCUT2D eigenvalue weighted by Gasteiger charge is -1.51. The van der Waals surface area contributed by atoms with Gasteiger partial charge in [0.2, 0.25) is 0 Å². The van der Waals surface area contributed by atoms with Crippen molar-refractivity contribution in [3.8, 4) is 0 Å². The zero-order valence-electron chi connectivity index (χ0n) is 2.82. The zero-order chi connectivity index (χ0) is 2.71. The Labute approximate surface area is 41.7 Å². The van der Waals surface area contributed by atoms with E-state index in [-0.39, 0.29) is 17.0 Å². The summed E-state index contributed by atoms with van der Waals surface area (Å²) in [5.74, 6) is 0. The second kappa shape index (κ2) is 9.16. The molecule has 0 saturated heterocycles. The fourth-order valence-electron chi connectivity index (χ4n) is 0. The minimum atomic E-state index is 0. The number of rotatable bonds is 0. The van der Waals surface area contributed by atoms with E-state index in [0.717, 1.165) is 0 Å². The summed E-state index contributed by atoms with van der Waals surface area (Å²) in [6, 6.07) is 0. The van der Waals surface area contributed by atoms with E-state index in [1.807, 2.05) is 12.5 Å². The van der Waals surface area contributed by atoms with E-state index in [1.165, 1.54) is 0 Å². The molecule has 0 nitrogen and oxygen atoms in total. The maximum Gasteiger partial charge on any atom is -0.0187 e. The molecule has 0 unspecified atom stereocenters. The van der Waals surface area contributed by atoms with Gasteiger partial charge >= 0.3 is 0 Å². The Morgan fingerprint density at radius 3 is 1.25 bits per heavy atom. The molecule has 0 aromatic carbocycles. The monoisotopic (exact) mass is 142 g/mol. The highest BCUT2D eigenvalue weighted by molar-refractivity contribution is 8.93. The van der Waals surface area contributed by atoms with Gasteiger partial charge in [0.1, 0.15) is 0 Å². The molecule has 4 heavy (non-hydrogen) atoms. The Balaban J connectivity index is 0. The normalized spacial score (nSPS) is 4.50. The molecule has 0 aromatic rings. The Bertz CT molecular complexity index is 6.00. The quantitative estimate of drug-likeness (QED) is 0.495. The van der Waals surface area contributed by atoms with Gasteiger partial charge in [-0.2, -0.15) is 11.8 Å². The molecule has 0 aliphatic rings. The van der Waals surface area contributed by atoms with Crippen LogP contribution >= 0.6 is 28.7 Å². The fourth-order valence-corrected chi connectivity index (χ4v) is 0. The Hall–Kier alpha value is 0.830. The highest BCUT2D eigenvalue weighted by Crippen LogP contribution is 1.70. The first-order valence-electron chi connectivity index (χ1n) is 0.816. The maximum atomic E-state index is 2.04. The lowest BCUT2D eigenvalue weighted by molar-refractivity contribution is 2.37. The van der Waals surface area contributed by atoms with Gasteiger partial charge in [-0.1, -0.05) is 0 Å². The van der Waals surface area contributed by atoms with E-state index in [1.54, 1.807) is 11.8 Å². The van der Waals surface area contributed by atoms with Crippen molar-refractivity contribution in [1.82, 2.24) is 0 Å². The van der Waals surface area contributed by atoms with Crippen molar-refractivity contribution in [3.63, 3.8) is 0 Å². The van der Waals surface area contributed by atoms with Gasteiger partial charge in [0, 0.05) is 0 Å². The molecule has 0 heterocycles. The maximum absolute atomic E-state index is 2.04. The van der Waals surface area contributed by atoms with Gasteiger partial charge in [-0.15, -0.1) is 17.0 Å². The average molecular weight is 143 g/mol. The summed E-state index contributed by atoms with van der Waals surface area (Å²) in [5.41, 5.74) is 0. The molecule has 0 aliphatic carbocycles. The Kier molecular flexibility index (Phi) is 20.3. The molecular weight excluding hydrogens is 136 g/mol. The summed E-state index contributed by atoms with van der Waals surface area (Å²) in [5, 5.41) is 0. The predicted molar refractivity (Wildman–Crippen MR) is 29.8 cm³/mol. The van der Waals surface area contributed by atoms with E-state index < -0.39 is 0 Å². The van der Waals surface area contributed by atoms with E-state index in [9.17, 15) is 0 Å². The molecule has 0 radical (unpaired) electrons. The summed E-state index contributed by atoms with van der Waals surface area (Å²) >= 11 is 1.75. The second-order valence-electron chi connectivity index (χ2n) is 0.408. The van der Waals surface area contributed by atoms with Crippen LogP contribution in [0.5, 0.6) is 0 Å². The Morgan fingerprint density at radius 1 is 1.25 bits per heavy atom. The minimum absolute atomic E-state index is 0.